The molecule has 4 aliphatic heterocycles. The van der Waals surface area contributed by atoms with E-state index < -0.39 is 89.6 Å². The summed E-state index contributed by atoms with van der Waals surface area (Å²) in [6, 6.07) is 0. The number of carbonyl (C=O) groups excluding carboxylic acids is 3. The third-order valence-electron chi connectivity index (χ3n) is 12.9. The highest BCUT2D eigenvalue weighted by Crippen LogP contribution is 2.50. The van der Waals surface area contributed by atoms with Crippen molar-refractivity contribution in [1.29, 1.82) is 0 Å². The maximum atomic E-state index is 14.7. The van der Waals surface area contributed by atoms with Gasteiger partial charge in [0.2, 0.25) is 0 Å². The number of ether oxygens (including phenoxy) is 4. The van der Waals surface area contributed by atoms with E-state index in [9.17, 15) is 39.9 Å². The standard InChI is InChI=1S/C46H62N4O12/c1-22(2)20-50-17-15-46(16-18-50)48-34-31-32-39(55)27(7)42-33(31)43(57)45(9,62-42)60-19-14-30(59-10)25(5)41(61-28(8)52)26(6)38(54)29(21-51)37(53)23(3)12-11-13-24(4)44(58)47-36(40(32)56)35(34)49-46/h11-14,19,22-23,25-26,29-30,37-38,41,51,53-56H,15-18,20-21H2,1-10H3,(H,47,58)/b12-11-,19-14?,24-13-/t23-,25+,26+,29+,30-,37-,38-,41+,45-/m0/s1. The molecule has 2 aromatic rings. The summed E-state index contributed by atoms with van der Waals surface area (Å²) >= 11 is 0. The molecule has 6 rings (SSSR count). The lowest BCUT2D eigenvalue weighted by Crippen LogP contribution is -2.48. The van der Waals surface area contributed by atoms with Crippen molar-refractivity contribution in [3.63, 3.8) is 0 Å². The molecule has 4 heterocycles. The number of anilines is 1. The van der Waals surface area contributed by atoms with Gasteiger partial charge in [-0.1, -0.05) is 52.8 Å². The summed E-state index contributed by atoms with van der Waals surface area (Å²) in [4.78, 5) is 53.7. The predicted octanol–water partition coefficient (Wildman–Crippen LogP) is 3.72. The van der Waals surface area contributed by atoms with Gasteiger partial charge >= 0.3 is 11.8 Å². The van der Waals surface area contributed by atoms with Crippen LogP contribution < -0.4 is 20.8 Å². The third kappa shape index (κ3) is 8.59. The van der Waals surface area contributed by atoms with E-state index in [1.807, 2.05) is 0 Å². The molecule has 0 unspecified atom stereocenters. The van der Waals surface area contributed by atoms with Gasteiger partial charge < -0.3 is 54.7 Å². The first-order valence-corrected chi connectivity index (χ1v) is 21.4. The molecule has 0 aromatic heterocycles. The van der Waals surface area contributed by atoms with Crippen molar-refractivity contribution in [2.45, 2.75) is 111 Å². The molecule has 9 atom stereocenters. The molecule has 1 amide bonds. The molecule has 62 heavy (non-hydrogen) atoms. The fourth-order valence-electron chi connectivity index (χ4n) is 9.24. The molecule has 338 valence electrons. The monoisotopic (exact) mass is 862 g/mol. The van der Waals surface area contributed by atoms with Gasteiger partial charge in [-0.25, -0.2) is 0 Å². The van der Waals surface area contributed by atoms with E-state index in [2.05, 4.69) is 24.1 Å². The number of hydrogen-bond acceptors (Lipinski definition) is 15. The number of Topliss-reactive ketones (excluding diaryl/α,β-unsaturated/α-hetero) is 1. The summed E-state index contributed by atoms with van der Waals surface area (Å²) in [6.07, 6.45) is 4.07. The van der Waals surface area contributed by atoms with E-state index in [4.69, 9.17) is 28.9 Å². The van der Waals surface area contributed by atoms with Crippen LogP contribution in [-0.4, -0.2) is 117 Å². The highest BCUT2D eigenvalue weighted by molar-refractivity contribution is 6.19. The van der Waals surface area contributed by atoms with Crippen LogP contribution in [0.3, 0.4) is 0 Å². The first kappa shape index (κ1) is 46.6. The zero-order valence-electron chi connectivity index (χ0n) is 37.3. The number of aromatic hydroxyl groups is 2. The Bertz CT molecular complexity index is 2320. The van der Waals surface area contributed by atoms with E-state index in [-0.39, 0.29) is 55.4 Å². The molecule has 1 fully saturated rings. The van der Waals surface area contributed by atoms with Gasteiger partial charge in [-0.2, -0.15) is 0 Å². The molecule has 4 bridgehead atoms. The van der Waals surface area contributed by atoms with E-state index in [1.54, 1.807) is 46.8 Å². The van der Waals surface area contributed by atoms with Crippen molar-refractivity contribution in [3.8, 4) is 17.2 Å². The number of phenolic OH excluding ortho intramolecular Hbond substituents is 2. The van der Waals surface area contributed by atoms with Crippen molar-refractivity contribution < 1.29 is 58.9 Å². The Kier molecular flexibility index (Phi) is 13.6. The minimum atomic E-state index is -1.99. The number of fused-ring (bicyclic) bond motifs is 1. The van der Waals surface area contributed by atoms with E-state index >= 15 is 0 Å². The van der Waals surface area contributed by atoms with E-state index in [0.717, 1.165) is 6.54 Å². The number of ketones is 1. The lowest BCUT2D eigenvalue weighted by Gasteiger charge is -2.38. The first-order valence-electron chi connectivity index (χ1n) is 21.4. The third-order valence-corrected chi connectivity index (χ3v) is 12.9. The van der Waals surface area contributed by atoms with Crippen LogP contribution in [-0.2, 0) is 23.8 Å². The normalized spacial score (nSPS) is 31.8. The van der Waals surface area contributed by atoms with Crippen molar-refractivity contribution in [2.75, 3.05) is 38.7 Å². The maximum Gasteiger partial charge on any atom is 0.312 e. The largest absolute Gasteiger partial charge is 0.507 e. The smallest absolute Gasteiger partial charge is 0.312 e. The van der Waals surface area contributed by atoms with Gasteiger partial charge in [0.15, 0.2) is 11.4 Å². The number of benzene rings is 2. The van der Waals surface area contributed by atoms with Gasteiger partial charge in [-0.3, -0.25) is 24.4 Å². The number of amides is 1. The number of nitrogens with one attached hydrogen (secondary N) is 1. The lowest BCUT2D eigenvalue weighted by atomic mass is 9.78. The number of aliphatic hydroxyl groups is 3. The van der Waals surface area contributed by atoms with Crippen LogP contribution in [0, 0.1) is 36.5 Å². The molecule has 16 heteroatoms. The Labute approximate surface area is 361 Å². The van der Waals surface area contributed by atoms with Crippen LogP contribution in [0.5, 0.6) is 17.2 Å². The predicted molar refractivity (Wildman–Crippen MR) is 229 cm³/mol. The molecule has 6 N–H and O–H groups in total. The Morgan fingerprint density at radius 3 is 2.27 bits per heavy atom. The first-order chi connectivity index (χ1) is 29.2. The number of nitrogens with zero attached hydrogens (tertiary/aromatic N) is 3. The number of piperidine rings is 1. The summed E-state index contributed by atoms with van der Waals surface area (Å²) in [5, 5.41) is 60.6. The SMILES string of the molecule is CO[C@H]1C=CO[C@@]2(C)Oc3c(C)c(O)c4c(O)c(c5c(c4c3C2=O)=NC2(CCN(CC(C)C)CC2)N=5)NC(=O)/C(C)=C\C=C/[C@H](C)[C@H](O)[C@@H](CO)[C@@H](O)[C@@H](C)[C@H](OC(C)=O)[C@@H]1C. The van der Waals surface area contributed by atoms with Crippen molar-refractivity contribution in [2.24, 2.45) is 39.6 Å². The zero-order valence-corrected chi connectivity index (χ0v) is 37.3. The average Bonchev–Trinajstić information content (AvgIpc) is 3.72. The maximum absolute atomic E-state index is 14.7. The van der Waals surface area contributed by atoms with Crippen LogP contribution >= 0.6 is 0 Å². The number of rotatable bonds is 5. The Hall–Kier alpha value is -4.87. The minimum absolute atomic E-state index is 0.0173. The highest BCUT2D eigenvalue weighted by Gasteiger charge is 2.50. The summed E-state index contributed by atoms with van der Waals surface area (Å²) in [5.74, 6) is -7.44. The molecule has 0 saturated carbocycles. The van der Waals surface area contributed by atoms with Crippen LogP contribution in [0.4, 0.5) is 5.69 Å². The number of phenols is 2. The van der Waals surface area contributed by atoms with Gasteiger partial charge in [-0.05, 0) is 25.8 Å². The molecular weight excluding hydrogens is 801 g/mol. The molecule has 2 aromatic carbocycles. The van der Waals surface area contributed by atoms with Crippen molar-refractivity contribution >= 4 is 34.1 Å². The quantitative estimate of drug-likeness (QED) is 0.186. The number of aliphatic hydroxyl groups excluding tert-OH is 3. The van der Waals surface area contributed by atoms with Gasteiger partial charge in [0, 0.05) is 93.6 Å². The summed E-state index contributed by atoms with van der Waals surface area (Å²) in [7, 11) is 1.43. The summed E-state index contributed by atoms with van der Waals surface area (Å²) in [5.41, 5.74) is -0.698. The summed E-state index contributed by atoms with van der Waals surface area (Å²) < 4.78 is 23.9. The fraction of sp³-hybridized carbons (Fsp3) is 0.587. The molecule has 0 radical (unpaired) electrons. The Morgan fingerprint density at radius 1 is 1.00 bits per heavy atom. The number of likely N-dealkylation sites (tertiary alicyclic amines) is 1. The fourth-order valence-corrected chi connectivity index (χ4v) is 9.24. The van der Waals surface area contributed by atoms with Crippen LogP contribution in [0.15, 0.2) is 46.1 Å². The van der Waals surface area contributed by atoms with Crippen LogP contribution in [0.2, 0.25) is 0 Å². The van der Waals surface area contributed by atoms with Gasteiger partial charge in [0.25, 0.3) is 11.7 Å². The van der Waals surface area contributed by atoms with Gasteiger partial charge in [0.1, 0.15) is 28.6 Å². The van der Waals surface area contributed by atoms with Crippen molar-refractivity contribution in [3.05, 3.63) is 58.0 Å². The molecule has 4 aliphatic rings. The van der Waals surface area contributed by atoms with Gasteiger partial charge in [-0.15, -0.1) is 0 Å². The number of carbonyl (C=O) groups is 3. The van der Waals surface area contributed by atoms with Crippen molar-refractivity contribution in [1.82, 2.24) is 4.90 Å². The molecule has 1 saturated heterocycles. The topological polar surface area (TPSA) is 229 Å². The lowest BCUT2D eigenvalue weighted by molar-refractivity contribution is -0.161. The molecule has 16 nitrogen and oxygen atoms in total. The molecule has 1 spiro atoms. The summed E-state index contributed by atoms with van der Waals surface area (Å²) in [6.45, 7) is 16.8. The number of hydrogen-bond donors (Lipinski definition) is 6. The molecule has 0 aliphatic carbocycles. The Balaban J connectivity index is 1.54. The second-order valence-electron chi connectivity index (χ2n) is 17.9. The average molecular weight is 863 g/mol. The number of esters is 1. The van der Waals surface area contributed by atoms with E-state index in [1.165, 1.54) is 39.4 Å². The number of allylic oxidation sites excluding steroid dienone is 2. The minimum Gasteiger partial charge on any atom is -0.507 e. The molecular formula is C46H62N4O12. The zero-order chi connectivity index (χ0) is 45.6. The second kappa shape index (κ2) is 18.1. The number of methoxy groups -OCH3 is 1. The second-order valence-corrected chi connectivity index (χ2v) is 17.9. The highest BCUT2D eigenvalue weighted by atomic mass is 16.7. The van der Waals surface area contributed by atoms with Gasteiger partial charge in [0.05, 0.1) is 47.5 Å². The van der Waals surface area contributed by atoms with Crippen LogP contribution in [0.25, 0.3) is 10.8 Å². The Morgan fingerprint density at radius 2 is 1.66 bits per heavy atom. The van der Waals surface area contributed by atoms with E-state index in [0.29, 0.717) is 31.8 Å². The van der Waals surface area contributed by atoms with Crippen LogP contribution in [0.1, 0.15) is 84.2 Å².